The smallest absolute Gasteiger partial charge is 0.444 e. The number of carbonyl (C=O) groups is 1. The molecule has 1 N–H and O–H groups in total. The van der Waals surface area contributed by atoms with E-state index in [0.29, 0.717) is 31.9 Å². The van der Waals surface area contributed by atoms with Crippen molar-refractivity contribution in [1.82, 2.24) is 29.9 Å². The number of hydrogen-bond acceptors (Lipinski definition) is 10. The van der Waals surface area contributed by atoms with Gasteiger partial charge in [0.1, 0.15) is 11.4 Å². The summed E-state index contributed by atoms with van der Waals surface area (Å²) in [5, 5.41) is 13.3. The predicted molar refractivity (Wildman–Crippen MR) is 116 cm³/mol. The van der Waals surface area contributed by atoms with E-state index in [1.165, 1.54) is 18.2 Å². The fourth-order valence-electron chi connectivity index (χ4n) is 3.14. The number of carbonyl (C=O) groups excluding carboxylic acids is 1. The molecule has 0 radical (unpaired) electrons. The summed E-state index contributed by atoms with van der Waals surface area (Å²) in [6.07, 6.45) is -0.372. The monoisotopic (exact) mass is 525 g/mol. The van der Waals surface area contributed by atoms with Crippen molar-refractivity contribution >= 4 is 27.8 Å². The third-order valence-corrected chi connectivity index (χ3v) is 5.27. The highest BCUT2D eigenvalue weighted by atomic mass is 79.9. The molecule has 1 aromatic carbocycles. The second kappa shape index (κ2) is 8.94. The van der Waals surface area contributed by atoms with Crippen LogP contribution in [-0.4, -0.2) is 67.8 Å². The average Bonchev–Trinajstić information content (AvgIpc) is 3.35. The van der Waals surface area contributed by atoms with E-state index >= 15 is 0 Å². The Morgan fingerprint density at radius 3 is 2.58 bits per heavy atom. The molecular formula is C19H21BrFN7O5. The molecule has 0 saturated carbocycles. The Kier molecular flexibility index (Phi) is 6.21. The van der Waals surface area contributed by atoms with Crippen molar-refractivity contribution < 1.29 is 23.1 Å². The zero-order chi connectivity index (χ0) is 23.8. The van der Waals surface area contributed by atoms with Gasteiger partial charge >= 0.3 is 11.8 Å². The Bertz CT molecular complexity index is 1210. The normalized spacial score (nSPS) is 15.0. The second-order valence-electron chi connectivity index (χ2n) is 8.23. The maximum Gasteiger partial charge on any atom is 0.446 e. The molecule has 1 fully saturated rings. The number of hydrogen-bond donors (Lipinski definition) is 1. The van der Waals surface area contributed by atoms with Crippen LogP contribution in [0.2, 0.25) is 0 Å². The Morgan fingerprint density at radius 2 is 1.91 bits per heavy atom. The summed E-state index contributed by atoms with van der Waals surface area (Å²) in [4.78, 5) is 26.2. The standard InChI is InChI=1S/C19H21BrFN7O5/c1-19(2,3)31-17(29)26-6-8-27(9-7-26)22-15-14(23-33-24-15)16-25-32-18(30)28(16)11-4-5-13(21)12(20)10-11/h4-5,10H,6-9H2,1-3H3,(H,22,24). The molecule has 0 aliphatic carbocycles. The van der Waals surface area contributed by atoms with Gasteiger partial charge in [0.15, 0.2) is 5.69 Å². The molecule has 0 unspecified atom stereocenters. The van der Waals surface area contributed by atoms with Crippen molar-refractivity contribution in [1.29, 1.82) is 0 Å². The number of ether oxygens (including phenoxy) is 1. The summed E-state index contributed by atoms with van der Waals surface area (Å²) in [7, 11) is 0. The Balaban J connectivity index is 1.50. The molecular weight excluding hydrogens is 505 g/mol. The number of aromatic nitrogens is 4. The van der Waals surface area contributed by atoms with Gasteiger partial charge in [-0.05, 0) is 65.2 Å². The highest BCUT2D eigenvalue weighted by Crippen LogP contribution is 2.26. The minimum atomic E-state index is -0.788. The number of piperazine rings is 1. The van der Waals surface area contributed by atoms with Crippen LogP contribution in [0, 0.1) is 5.82 Å². The van der Waals surface area contributed by atoms with E-state index in [2.05, 4.69) is 36.8 Å². The first kappa shape index (κ1) is 22.9. The molecule has 0 atom stereocenters. The van der Waals surface area contributed by atoms with Crippen molar-refractivity contribution in [2.24, 2.45) is 0 Å². The van der Waals surface area contributed by atoms with Crippen LogP contribution < -0.4 is 11.2 Å². The van der Waals surface area contributed by atoms with Gasteiger partial charge in [0.2, 0.25) is 11.6 Å². The number of halogens is 2. The molecule has 1 saturated heterocycles. The van der Waals surface area contributed by atoms with Gasteiger partial charge in [-0.1, -0.05) is 5.16 Å². The van der Waals surface area contributed by atoms with Crippen LogP contribution in [0.15, 0.2) is 36.6 Å². The minimum absolute atomic E-state index is 0.0228. The molecule has 3 aromatic rings. The average molecular weight is 526 g/mol. The molecule has 4 rings (SSSR count). The van der Waals surface area contributed by atoms with Crippen LogP contribution in [0.1, 0.15) is 20.8 Å². The molecule has 3 heterocycles. The molecule has 12 nitrogen and oxygen atoms in total. The van der Waals surface area contributed by atoms with Gasteiger partial charge < -0.3 is 9.64 Å². The zero-order valence-electron chi connectivity index (χ0n) is 18.0. The lowest BCUT2D eigenvalue weighted by Gasteiger charge is -2.35. The van der Waals surface area contributed by atoms with E-state index in [9.17, 15) is 14.0 Å². The summed E-state index contributed by atoms with van der Waals surface area (Å²) >= 11 is 3.10. The highest BCUT2D eigenvalue weighted by molar-refractivity contribution is 9.10. The first-order valence-electron chi connectivity index (χ1n) is 9.99. The molecule has 176 valence electrons. The van der Waals surface area contributed by atoms with Gasteiger partial charge in [0, 0.05) is 26.2 Å². The second-order valence-corrected chi connectivity index (χ2v) is 9.09. The summed E-state index contributed by atoms with van der Waals surface area (Å²) in [6, 6.07) is 4.01. The number of amides is 1. The van der Waals surface area contributed by atoms with E-state index in [0.717, 1.165) is 4.57 Å². The maximum absolute atomic E-state index is 13.6. The predicted octanol–water partition coefficient (Wildman–Crippen LogP) is 2.66. The van der Waals surface area contributed by atoms with Crippen LogP contribution in [0.4, 0.5) is 15.0 Å². The fourth-order valence-corrected chi connectivity index (χ4v) is 3.50. The Morgan fingerprint density at radius 1 is 1.18 bits per heavy atom. The van der Waals surface area contributed by atoms with Crippen molar-refractivity contribution in [3.05, 3.63) is 39.0 Å². The number of nitrogens with one attached hydrogen (secondary N) is 1. The molecule has 2 aromatic heterocycles. The highest BCUT2D eigenvalue weighted by Gasteiger charge is 2.28. The van der Waals surface area contributed by atoms with E-state index in [1.807, 2.05) is 25.8 Å². The van der Waals surface area contributed by atoms with Gasteiger partial charge in [-0.3, -0.25) is 9.95 Å². The van der Waals surface area contributed by atoms with Gasteiger partial charge in [-0.15, -0.1) is 0 Å². The van der Waals surface area contributed by atoms with Crippen LogP contribution in [0.3, 0.4) is 0 Å². The SMILES string of the molecule is CC(C)(C)OC(=O)N1CCN(Nc2nonc2-c2noc(=O)n2-c2ccc(F)c(Br)c2)CC1. The summed E-state index contributed by atoms with van der Waals surface area (Å²) < 4.78 is 30.0. The number of hydrazine groups is 1. The maximum atomic E-state index is 13.6. The van der Waals surface area contributed by atoms with Gasteiger partial charge in [0.05, 0.1) is 10.2 Å². The number of nitrogens with zero attached hydrogens (tertiary/aromatic N) is 6. The van der Waals surface area contributed by atoms with Crippen molar-refractivity contribution in [3.8, 4) is 17.2 Å². The molecule has 0 spiro atoms. The Hall–Kier alpha value is -3.26. The summed E-state index contributed by atoms with van der Waals surface area (Å²) in [5.74, 6) is -1.05. The van der Waals surface area contributed by atoms with Gasteiger partial charge in [-0.2, -0.15) is 0 Å². The van der Waals surface area contributed by atoms with Crippen LogP contribution >= 0.6 is 15.9 Å². The van der Waals surface area contributed by atoms with Gasteiger partial charge in [0.25, 0.3) is 0 Å². The number of rotatable bonds is 4. The molecule has 1 amide bonds. The molecule has 1 aliphatic heterocycles. The minimum Gasteiger partial charge on any atom is -0.444 e. The summed E-state index contributed by atoms with van der Waals surface area (Å²) in [5.41, 5.74) is 2.93. The third-order valence-electron chi connectivity index (χ3n) is 4.66. The first-order chi connectivity index (χ1) is 15.6. The molecule has 14 heteroatoms. The van der Waals surface area contributed by atoms with Crippen LogP contribution in [-0.2, 0) is 4.74 Å². The van der Waals surface area contributed by atoms with E-state index < -0.39 is 17.2 Å². The molecule has 1 aliphatic rings. The van der Waals surface area contributed by atoms with Gasteiger partial charge in [-0.25, -0.2) is 28.2 Å². The van der Waals surface area contributed by atoms with Crippen molar-refractivity contribution in [3.63, 3.8) is 0 Å². The lowest BCUT2D eigenvalue weighted by molar-refractivity contribution is 0.0163. The van der Waals surface area contributed by atoms with E-state index in [1.54, 1.807) is 4.90 Å². The summed E-state index contributed by atoms with van der Waals surface area (Å²) in [6.45, 7) is 7.26. The lowest BCUT2D eigenvalue weighted by Crippen LogP contribution is -2.51. The quantitative estimate of drug-likeness (QED) is 0.541. The van der Waals surface area contributed by atoms with E-state index in [-0.39, 0.29) is 27.9 Å². The number of anilines is 1. The fraction of sp³-hybridized carbons (Fsp3) is 0.421. The third kappa shape index (κ3) is 5.06. The van der Waals surface area contributed by atoms with Crippen molar-refractivity contribution in [2.45, 2.75) is 26.4 Å². The molecule has 33 heavy (non-hydrogen) atoms. The Labute approximate surface area is 195 Å². The van der Waals surface area contributed by atoms with Crippen LogP contribution in [0.5, 0.6) is 0 Å². The lowest BCUT2D eigenvalue weighted by atomic mass is 10.2. The zero-order valence-corrected chi connectivity index (χ0v) is 19.6. The van der Waals surface area contributed by atoms with Crippen LogP contribution in [0.25, 0.3) is 17.2 Å². The number of benzene rings is 1. The largest absolute Gasteiger partial charge is 0.446 e. The van der Waals surface area contributed by atoms with E-state index in [4.69, 9.17) is 13.9 Å². The molecule has 0 bridgehead atoms. The first-order valence-corrected chi connectivity index (χ1v) is 10.8. The van der Waals surface area contributed by atoms with Crippen molar-refractivity contribution in [2.75, 3.05) is 31.6 Å². The topological polar surface area (TPSA) is 132 Å².